The van der Waals surface area contributed by atoms with Crippen molar-refractivity contribution in [2.75, 3.05) is 20.3 Å². The Balaban J connectivity index is 2.60. The molecule has 0 bridgehead atoms. The van der Waals surface area contributed by atoms with E-state index in [1.165, 1.54) is 12.5 Å². The molecule has 0 amide bonds. The minimum Gasteiger partial charge on any atom is -0.422 e. The van der Waals surface area contributed by atoms with Gasteiger partial charge in [-0.25, -0.2) is 0 Å². The Hall–Kier alpha value is 0.137. The molecule has 0 heterocycles. The Labute approximate surface area is 59.5 Å². The molecule has 0 aromatic carbocycles. The monoisotopic (exact) mass is 148 g/mol. The molecule has 0 fully saturated rings. The molecule has 0 unspecified atom stereocenters. The number of hydrogen-bond acceptors (Lipinski definition) is 2. The number of rotatable bonds is 6. The van der Waals surface area contributed by atoms with Crippen molar-refractivity contribution in [2.45, 2.75) is 19.4 Å². The van der Waals surface area contributed by atoms with Gasteiger partial charge in [-0.15, -0.1) is 0 Å². The Bertz CT molecular complexity index is 44.3. The first-order valence-corrected chi connectivity index (χ1v) is 5.06. The Morgan fingerprint density at radius 1 is 1.33 bits per heavy atom. The number of ether oxygens (including phenoxy) is 1. The second-order valence-corrected chi connectivity index (χ2v) is 3.48. The summed E-state index contributed by atoms with van der Waals surface area (Å²) in [6, 6.07) is 1.30. The molecule has 0 aromatic rings. The predicted octanol–water partition coefficient (Wildman–Crippen LogP) is 0.561. The van der Waals surface area contributed by atoms with Crippen LogP contribution in [0.25, 0.3) is 0 Å². The van der Waals surface area contributed by atoms with Crippen LogP contribution < -0.4 is 0 Å². The highest BCUT2D eigenvalue weighted by molar-refractivity contribution is 6.26. The predicted molar refractivity (Wildman–Crippen MR) is 41.5 cm³/mol. The van der Waals surface area contributed by atoms with Crippen molar-refractivity contribution in [3.63, 3.8) is 0 Å². The smallest absolute Gasteiger partial charge is 0.161 e. The fourth-order valence-corrected chi connectivity index (χ4v) is 1.31. The van der Waals surface area contributed by atoms with Gasteiger partial charge in [0, 0.05) is 7.11 Å². The van der Waals surface area contributed by atoms with Crippen LogP contribution in [0.5, 0.6) is 0 Å². The molecule has 0 atom stereocenters. The zero-order valence-corrected chi connectivity index (χ0v) is 7.77. The summed E-state index contributed by atoms with van der Waals surface area (Å²) < 4.78 is 10.1. The van der Waals surface area contributed by atoms with Gasteiger partial charge in [-0.2, -0.15) is 0 Å². The van der Waals surface area contributed by atoms with Gasteiger partial charge in [0.1, 0.15) is 0 Å². The highest BCUT2D eigenvalue weighted by Crippen LogP contribution is 1.85. The van der Waals surface area contributed by atoms with Crippen molar-refractivity contribution < 1.29 is 9.16 Å². The van der Waals surface area contributed by atoms with Crippen LogP contribution in [0, 0.1) is 0 Å². The summed E-state index contributed by atoms with van der Waals surface area (Å²) in [7, 11) is 1.51. The molecule has 0 spiro atoms. The maximum absolute atomic E-state index is 5.33. The van der Waals surface area contributed by atoms with Crippen molar-refractivity contribution in [2.24, 2.45) is 0 Å². The summed E-state index contributed by atoms with van der Waals surface area (Å²) in [4.78, 5) is 0. The van der Waals surface area contributed by atoms with E-state index in [1.807, 2.05) is 0 Å². The van der Waals surface area contributed by atoms with Crippen molar-refractivity contribution in [1.82, 2.24) is 0 Å². The molecule has 0 saturated heterocycles. The fraction of sp³-hybridized carbons (Fsp3) is 1.00. The molecule has 0 aromatic heterocycles. The summed E-state index contributed by atoms with van der Waals surface area (Å²) in [5.74, 6) is 0. The average molecular weight is 148 g/mol. The third-order valence-corrected chi connectivity index (χ3v) is 2.65. The summed E-state index contributed by atoms with van der Waals surface area (Å²) in [6.45, 7) is 3.73. The van der Waals surface area contributed by atoms with Crippen LogP contribution in [0.4, 0.5) is 0 Å². The van der Waals surface area contributed by atoms with Gasteiger partial charge in [-0.3, -0.25) is 0 Å². The first-order valence-electron chi connectivity index (χ1n) is 3.48. The van der Waals surface area contributed by atoms with Crippen molar-refractivity contribution in [3.8, 4) is 0 Å². The highest BCUT2D eigenvalue weighted by Gasteiger charge is 1.85. The lowest BCUT2D eigenvalue weighted by atomic mass is 10.6. The van der Waals surface area contributed by atoms with E-state index in [4.69, 9.17) is 9.16 Å². The molecule has 0 rings (SSSR count). The van der Waals surface area contributed by atoms with Crippen LogP contribution in [0.2, 0.25) is 6.04 Å². The topological polar surface area (TPSA) is 18.5 Å². The number of methoxy groups -OCH3 is 1. The third kappa shape index (κ3) is 8.14. The van der Waals surface area contributed by atoms with E-state index in [9.17, 15) is 0 Å². The molecule has 56 valence electrons. The number of hydrogen-bond donors (Lipinski definition) is 0. The first kappa shape index (κ1) is 9.14. The van der Waals surface area contributed by atoms with Crippen LogP contribution in [0.3, 0.4) is 0 Å². The van der Waals surface area contributed by atoms with Gasteiger partial charge in [0.05, 0.1) is 13.2 Å². The Kier molecular flexibility index (Phi) is 8.26. The van der Waals surface area contributed by atoms with Crippen LogP contribution in [-0.4, -0.2) is 30.1 Å². The van der Waals surface area contributed by atoms with Crippen molar-refractivity contribution >= 4 is 9.76 Å². The molecule has 0 aliphatic rings. The normalized spacial score (nSPS) is 11.3. The lowest BCUT2D eigenvalue weighted by molar-refractivity contribution is 0.149. The van der Waals surface area contributed by atoms with Crippen molar-refractivity contribution in [1.29, 1.82) is 0 Å². The van der Waals surface area contributed by atoms with E-state index in [0.29, 0.717) is 0 Å². The summed E-state index contributed by atoms with van der Waals surface area (Å²) in [6.07, 6.45) is 1.26. The molecule has 3 heteroatoms. The van der Waals surface area contributed by atoms with E-state index >= 15 is 0 Å². The fourth-order valence-electron chi connectivity index (χ4n) is 0.491. The van der Waals surface area contributed by atoms with Gasteiger partial charge < -0.3 is 9.16 Å². The molecular formula is C6H16O2Si. The molecule has 9 heavy (non-hydrogen) atoms. The van der Waals surface area contributed by atoms with Crippen molar-refractivity contribution in [3.05, 3.63) is 0 Å². The maximum atomic E-state index is 5.33. The van der Waals surface area contributed by atoms with Crippen LogP contribution in [0.15, 0.2) is 0 Å². The molecule has 0 aliphatic carbocycles. The molecule has 0 N–H and O–H groups in total. The standard InChI is InChI=1S/C6H16O2Si/c1-3-6-9-8-5-4-7-2/h3-6,9H2,1-2H3. The van der Waals surface area contributed by atoms with Gasteiger partial charge in [0.15, 0.2) is 9.76 Å². The molecular weight excluding hydrogens is 132 g/mol. The highest BCUT2D eigenvalue weighted by atomic mass is 28.2. The van der Waals surface area contributed by atoms with E-state index in [1.54, 1.807) is 7.11 Å². The van der Waals surface area contributed by atoms with Gasteiger partial charge in [0.2, 0.25) is 0 Å². The Morgan fingerprint density at radius 3 is 2.67 bits per heavy atom. The lowest BCUT2D eigenvalue weighted by Gasteiger charge is -1.99. The van der Waals surface area contributed by atoms with E-state index < -0.39 is 0 Å². The molecule has 0 radical (unpaired) electrons. The van der Waals surface area contributed by atoms with E-state index in [-0.39, 0.29) is 9.76 Å². The van der Waals surface area contributed by atoms with E-state index in [2.05, 4.69) is 6.92 Å². The van der Waals surface area contributed by atoms with Gasteiger partial charge in [-0.05, 0) is 6.04 Å². The third-order valence-electron chi connectivity index (χ3n) is 1.07. The molecule has 2 nitrogen and oxygen atoms in total. The van der Waals surface area contributed by atoms with Crippen LogP contribution >= 0.6 is 0 Å². The van der Waals surface area contributed by atoms with Gasteiger partial charge >= 0.3 is 0 Å². The quantitative estimate of drug-likeness (QED) is 0.405. The first-order chi connectivity index (χ1) is 4.41. The maximum Gasteiger partial charge on any atom is 0.161 e. The minimum absolute atomic E-state index is 0.189. The average Bonchev–Trinajstić information content (AvgIpc) is 1.89. The summed E-state index contributed by atoms with van der Waals surface area (Å²) >= 11 is 0. The minimum atomic E-state index is -0.189. The zero-order valence-electron chi connectivity index (χ0n) is 6.35. The lowest BCUT2D eigenvalue weighted by Crippen LogP contribution is -2.04. The van der Waals surface area contributed by atoms with Crippen LogP contribution in [0.1, 0.15) is 13.3 Å². The van der Waals surface area contributed by atoms with Gasteiger partial charge in [-0.1, -0.05) is 13.3 Å². The Morgan fingerprint density at radius 2 is 2.11 bits per heavy atom. The van der Waals surface area contributed by atoms with E-state index in [0.717, 1.165) is 13.2 Å². The second-order valence-electron chi connectivity index (χ2n) is 1.96. The van der Waals surface area contributed by atoms with Gasteiger partial charge in [0.25, 0.3) is 0 Å². The largest absolute Gasteiger partial charge is 0.422 e. The summed E-state index contributed by atoms with van der Waals surface area (Å²) in [5, 5.41) is 0. The summed E-state index contributed by atoms with van der Waals surface area (Å²) in [5.41, 5.74) is 0. The second kappa shape index (κ2) is 8.14. The molecule has 0 saturated carbocycles. The SMILES string of the molecule is CCC[SiH2]OCCOC. The molecule has 0 aliphatic heterocycles. The van der Waals surface area contributed by atoms with Crippen LogP contribution in [-0.2, 0) is 9.16 Å². The zero-order chi connectivity index (χ0) is 6.95.